The van der Waals surface area contributed by atoms with E-state index in [0.29, 0.717) is 6.04 Å². The first kappa shape index (κ1) is 18.2. The number of nitrogens with zero attached hydrogens (tertiary/aromatic N) is 4. The van der Waals surface area contributed by atoms with E-state index in [1.54, 1.807) is 0 Å². The standard InChI is InChI=1S/C22H31N5/c1-2-26-13-15-27(16-14-26)21-17-20(18-9-5-3-6-10-18)24-22(25-21)23-19-11-7-4-8-12-19/h3,5-6,9-10,17,19H,2,4,7-8,11-16H2,1H3,(H,23,24,25). The molecule has 5 nitrogen and oxygen atoms in total. The Morgan fingerprint density at radius 3 is 2.41 bits per heavy atom. The Hall–Kier alpha value is -2.14. The molecule has 144 valence electrons. The van der Waals surface area contributed by atoms with Crippen molar-refractivity contribution in [1.29, 1.82) is 0 Å². The molecule has 0 unspecified atom stereocenters. The number of rotatable bonds is 5. The molecule has 0 spiro atoms. The lowest BCUT2D eigenvalue weighted by molar-refractivity contribution is 0.270. The number of likely N-dealkylation sites (N-methyl/N-ethyl adjacent to an activating group) is 1. The van der Waals surface area contributed by atoms with E-state index in [2.05, 4.69) is 58.4 Å². The highest BCUT2D eigenvalue weighted by atomic mass is 15.3. The summed E-state index contributed by atoms with van der Waals surface area (Å²) in [7, 11) is 0. The van der Waals surface area contributed by atoms with Gasteiger partial charge < -0.3 is 15.1 Å². The van der Waals surface area contributed by atoms with E-state index < -0.39 is 0 Å². The van der Waals surface area contributed by atoms with Crippen LogP contribution in [0.1, 0.15) is 39.0 Å². The third-order valence-corrected chi connectivity index (χ3v) is 5.86. The number of aromatic nitrogens is 2. The van der Waals surface area contributed by atoms with Crippen molar-refractivity contribution in [2.75, 3.05) is 42.9 Å². The molecular weight excluding hydrogens is 334 g/mol. The molecular formula is C22H31N5. The third-order valence-electron chi connectivity index (χ3n) is 5.86. The first-order valence-electron chi connectivity index (χ1n) is 10.5. The molecule has 27 heavy (non-hydrogen) atoms. The lowest BCUT2D eigenvalue weighted by Gasteiger charge is -2.35. The van der Waals surface area contributed by atoms with Crippen LogP contribution >= 0.6 is 0 Å². The van der Waals surface area contributed by atoms with Gasteiger partial charge in [0.1, 0.15) is 5.82 Å². The number of anilines is 2. The summed E-state index contributed by atoms with van der Waals surface area (Å²) in [5.41, 5.74) is 2.16. The molecule has 2 heterocycles. The Morgan fingerprint density at radius 1 is 0.963 bits per heavy atom. The normalized spacial score (nSPS) is 19.2. The maximum absolute atomic E-state index is 4.91. The summed E-state index contributed by atoms with van der Waals surface area (Å²) in [4.78, 5) is 14.7. The lowest BCUT2D eigenvalue weighted by atomic mass is 9.96. The van der Waals surface area contributed by atoms with Crippen LogP contribution in [-0.4, -0.2) is 53.6 Å². The molecule has 2 aliphatic rings. The van der Waals surface area contributed by atoms with Gasteiger partial charge in [0.25, 0.3) is 0 Å². The van der Waals surface area contributed by atoms with Crippen LogP contribution in [0.3, 0.4) is 0 Å². The number of benzene rings is 1. The Morgan fingerprint density at radius 2 is 1.70 bits per heavy atom. The van der Waals surface area contributed by atoms with Gasteiger partial charge in [-0.25, -0.2) is 4.98 Å². The molecule has 5 heteroatoms. The summed E-state index contributed by atoms with van der Waals surface area (Å²) in [5, 5.41) is 3.63. The summed E-state index contributed by atoms with van der Waals surface area (Å²) >= 11 is 0. The van der Waals surface area contributed by atoms with Crippen LogP contribution in [0.5, 0.6) is 0 Å². The monoisotopic (exact) mass is 365 g/mol. The molecule has 2 fully saturated rings. The topological polar surface area (TPSA) is 44.3 Å². The van der Waals surface area contributed by atoms with Crippen molar-refractivity contribution in [1.82, 2.24) is 14.9 Å². The first-order valence-corrected chi connectivity index (χ1v) is 10.5. The summed E-state index contributed by atoms with van der Waals surface area (Å²) in [6.07, 6.45) is 6.42. The highest BCUT2D eigenvalue weighted by Crippen LogP contribution is 2.26. The van der Waals surface area contributed by atoms with Gasteiger partial charge in [-0.2, -0.15) is 4.98 Å². The molecule has 1 aromatic carbocycles. The highest BCUT2D eigenvalue weighted by molar-refractivity contribution is 5.65. The fourth-order valence-corrected chi connectivity index (χ4v) is 4.14. The minimum Gasteiger partial charge on any atom is -0.354 e. The molecule has 1 aliphatic carbocycles. The Bertz CT molecular complexity index is 719. The van der Waals surface area contributed by atoms with Crippen molar-refractivity contribution < 1.29 is 0 Å². The summed E-state index contributed by atoms with van der Waals surface area (Å²) in [6.45, 7) is 7.63. The van der Waals surface area contributed by atoms with Crippen LogP contribution in [-0.2, 0) is 0 Å². The van der Waals surface area contributed by atoms with E-state index in [0.717, 1.165) is 55.7 Å². The summed E-state index contributed by atoms with van der Waals surface area (Å²) in [6, 6.07) is 13.1. The van der Waals surface area contributed by atoms with Crippen molar-refractivity contribution in [2.45, 2.75) is 45.1 Å². The molecule has 0 bridgehead atoms. The van der Waals surface area contributed by atoms with E-state index >= 15 is 0 Å². The van der Waals surface area contributed by atoms with Crippen LogP contribution < -0.4 is 10.2 Å². The maximum atomic E-state index is 4.91. The van der Waals surface area contributed by atoms with Crippen LogP contribution in [0.25, 0.3) is 11.3 Å². The van der Waals surface area contributed by atoms with E-state index in [1.807, 2.05) is 0 Å². The quantitative estimate of drug-likeness (QED) is 0.867. The van der Waals surface area contributed by atoms with Gasteiger partial charge in [0.15, 0.2) is 0 Å². The van der Waals surface area contributed by atoms with E-state index in [1.165, 1.54) is 32.1 Å². The van der Waals surface area contributed by atoms with Crippen LogP contribution in [0.2, 0.25) is 0 Å². The molecule has 1 aromatic heterocycles. The van der Waals surface area contributed by atoms with E-state index in [4.69, 9.17) is 9.97 Å². The second-order valence-electron chi connectivity index (χ2n) is 7.70. The minimum atomic E-state index is 0.509. The average Bonchev–Trinajstić information content (AvgIpc) is 2.75. The number of nitrogens with one attached hydrogen (secondary N) is 1. The predicted octanol–water partition coefficient (Wildman–Crippen LogP) is 4.03. The molecule has 1 aliphatic heterocycles. The van der Waals surface area contributed by atoms with Gasteiger partial charge in [-0.05, 0) is 19.4 Å². The zero-order valence-electron chi connectivity index (χ0n) is 16.4. The predicted molar refractivity (Wildman–Crippen MR) is 112 cm³/mol. The largest absolute Gasteiger partial charge is 0.354 e. The number of hydrogen-bond acceptors (Lipinski definition) is 5. The van der Waals surface area contributed by atoms with Gasteiger partial charge in [0.2, 0.25) is 5.95 Å². The summed E-state index contributed by atoms with van der Waals surface area (Å²) < 4.78 is 0. The highest BCUT2D eigenvalue weighted by Gasteiger charge is 2.20. The van der Waals surface area contributed by atoms with Crippen molar-refractivity contribution >= 4 is 11.8 Å². The molecule has 0 amide bonds. The second kappa shape index (κ2) is 8.70. The molecule has 4 rings (SSSR count). The second-order valence-corrected chi connectivity index (χ2v) is 7.70. The molecule has 0 radical (unpaired) electrons. The van der Waals surface area contributed by atoms with Crippen molar-refractivity contribution in [3.05, 3.63) is 36.4 Å². The Labute approximate surface area is 162 Å². The van der Waals surface area contributed by atoms with Crippen LogP contribution in [0, 0.1) is 0 Å². The first-order chi connectivity index (χ1) is 13.3. The lowest BCUT2D eigenvalue weighted by Crippen LogP contribution is -2.46. The molecule has 1 saturated heterocycles. The van der Waals surface area contributed by atoms with Crippen molar-refractivity contribution in [3.63, 3.8) is 0 Å². The van der Waals surface area contributed by atoms with E-state index in [-0.39, 0.29) is 0 Å². The SMILES string of the molecule is CCN1CCN(c2cc(-c3ccccc3)nc(NC3CCCCC3)n2)CC1. The molecule has 1 saturated carbocycles. The van der Waals surface area contributed by atoms with Gasteiger partial charge in [0.05, 0.1) is 5.69 Å². The van der Waals surface area contributed by atoms with Gasteiger partial charge >= 0.3 is 0 Å². The maximum Gasteiger partial charge on any atom is 0.225 e. The van der Waals surface area contributed by atoms with Gasteiger partial charge in [-0.1, -0.05) is 56.5 Å². The average molecular weight is 366 g/mol. The van der Waals surface area contributed by atoms with Crippen molar-refractivity contribution in [2.24, 2.45) is 0 Å². The fraction of sp³-hybridized carbons (Fsp3) is 0.545. The molecule has 1 N–H and O–H groups in total. The van der Waals surface area contributed by atoms with E-state index in [9.17, 15) is 0 Å². The van der Waals surface area contributed by atoms with Crippen molar-refractivity contribution in [3.8, 4) is 11.3 Å². The van der Waals surface area contributed by atoms with Crippen LogP contribution in [0.15, 0.2) is 36.4 Å². The number of hydrogen-bond donors (Lipinski definition) is 1. The van der Waals surface area contributed by atoms with Crippen LogP contribution in [0.4, 0.5) is 11.8 Å². The molecule has 0 atom stereocenters. The van der Waals surface area contributed by atoms with Gasteiger partial charge in [-0.15, -0.1) is 0 Å². The van der Waals surface area contributed by atoms with Gasteiger partial charge in [-0.3, -0.25) is 0 Å². The summed E-state index contributed by atoms with van der Waals surface area (Å²) in [5.74, 6) is 1.84. The fourth-order valence-electron chi connectivity index (χ4n) is 4.14. The Balaban J connectivity index is 1.60. The zero-order chi connectivity index (χ0) is 18.5. The third kappa shape index (κ3) is 4.59. The minimum absolute atomic E-state index is 0.509. The molecule has 2 aromatic rings. The Kier molecular flexibility index (Phi) is 5.87. The van der Waals surface area contributed by atoms with Gasteiger partial charge in [0, 0.05) is 43.9 Å². The number of piperazine rings is 1. The zero-order valence-corrected chi connectivity index (χ0v) is 16.4. The smallest absolute Gasteiger partial charge is 0.225 e.